The van der Waals surface area contributed by atoms with E-state index in [9.17, 15) is 4.79 Å². The van der Waals surface area contributed by atoms with Gasteiger partial charge in [-0.3, -0.25) is 9.72 Å². The number of carbonyl (C=O) groups excluding carboxylic acids is 1. The molecule has 0 saturated heterocycles. The van der Waals surface area contributed by atoms with Crippen LogP contribution in [-0.4, -0.2) is 22.6 Å². The zero-order chi connectivity index (χ0) is 17.4. The fourth-order valence-corrected chi connectivity index (χ4v) is 2.89. The molecule has 0 bridgehead atoms. The number of rotatable bonds is 2. The molecule has 124 valence electrons. The van der Waals surface area contributed by atoms with Crippen molar-refractivity contribution in [1.29, 1.82) is 0 Å². The predicted molar refractivity (Wildman–Crippen MR) is 98.6 cm³/mol. The summed E-state index contributed by atoms with van der Waals surface area (Å²) in [6, 6.07) is 17.4. The second-order valence-electron chi connectivity index (χ2n) is 5.64. The first-order valence-corrected chi connectivity index (χ1v) is 7.78. The largest absolute Gasteiger partial charge is 0.453 e. The number of pyridine rings is 1. The molecule has 0 spiro atoms. The van der Waals surface area contributed by atoms with Crippen molar-refractivity contribution in [3.8, 4) is 11.3 Å². The first kappa shape index (κ1) is 15.0. The van der Waals surface area contributed by atoms with Crippen molar-refractivity contribution in [2.45, 2.75) is 0 Å². The van der Waals surface area contributed by atoms with Crippen LogP contribution in [0.1, 0.15) is 0 Å². The molecule has 2 aromatic carbocycles. The Bertz CT molecular complexity index is 1090. The van der Waals surface area contributed by atoms with Crippen LogP contribution in [0, 0.1) is 0 Å². The normalized spacial score (nSPS) is 10.9. The maximum absolute atomic E-state index is 11.4. The zero-order valence-electron chi connectivity index (χ0n) is 13.6. The summed E-state index contributed by atoms with van der Waals surface area (Å²) in [6.07, 6.45) is 1.39. The van der Waals surface area contributed by atoms with Gasteiger partial charge in [0.05, 0.1) is 7.11 Å². The number of aromatic nitrogens is 2. The lowest BCUT2D eigenvalue weighted by Crippen LogP contribution is -2.10. The average molecular weight is 332 g/mol. The van der Waals surface area contributed by atoms with E-state index < -0.39 is 6.09 Å². The van der Waals surface area contributed by atoms with Gasteiger partial charge in [-0.1, -0.05) is 36.4 Å². The van der Waals surface area contributed by atoms with Gasteiger partial charge in [-0.25, -0.2) is 9.78 Å². The highest BCUT2D eigenvalue weighted by atomic mass is 16.5. The fourth-order valence-electron chi connectivity index (χ4n) is 2.89. The molecule has 0 radical (unpaired) electrons. The molecule has 0 aliphatic rings. The molecule has 3 N–H and O–H groups in total. The number of hydrogen-bond acceptors (Lipinski definition) is 4. The van der Waals surface area contributed by atoms with E-state index in [2.05, 4.69) is 10.1 Å². The second kappa shape index (κ2) is 5.83. The number of imidazole rings is 1. The molecule has 4 aromatic rings. The quantitative estimate of drug-likeness (QED) is 0.583. The lowest BCUT2D eigenvalue weighted by molar-refractivity contribution is 0.187. The number of hydrogen-bond donors (Lipinski definition) is 2. The maximum atomic E-state index is 11.4. The Labute approximate surface area is 143 Å². The standard InChI is InChI=1S/C19H16N4O2/c1-25-19(24)21-14-8-7-12-9-10-23-17(20)16(13-5-3-2-4-6-13)22-18(23)15(12)11-14/h2-11H,20H2,1H3,(H,21,24). The Hall–Kier alpha value is -3.54. The van der Waals surface area contributed by atoms with E-state index in [1.54, 1.807) is 0 Å². The molecule has 6 nitrogen and oxygen atoms in total. The number of amides is 1. The number of carbonyl (C=O) groups is 1. The molecule has 25 heavy (non-hydrogen) atoms. The number of ether oxygens (including phenoxy) is 1. The minimum absolute atomic E-state index is 0.515. The molecule has 4 rings (SSSR count). The van der Waals surface area contributed by atoms with Gasteiger partial charge in [-0.15, -0.1) is 0 Å². The highest BCUT2D eigenvalue weighted by Gasteiger charge is 2.14. The monoisotopic (exact) mass is 332 g/mol. The molecule has 1 amide bonds. The van der Waals surface area contributed by atoms with Crippen LogP contribution in [0.3, 0.4) is 0 Å². The minimum Gasteiger partial charge on any atom is -0.453 e. The molecule has 0 atom stereocenters. The Morgan fingerprint density at radius 3 is 2.72 bits per heavy atom. The molecule has 2 heterocycles. The summed E-state index contributed by atoms with van der Waals surface area (Å²) < 4.78 is 6.50. The number of nitrogens with one attached hydrogen (secondary N) is 1. The van der Waals surface area contributed by atoms with Crippen molar-refractivity contribution in [1.82, 2.24) is 9.38 Å². The van der Waals surface area contributed by atoms with Crippen LogP contribution in [0.4, 0.5) is 16.3 Å². The van der Waals surface area contributed by atoms with Crippen LogP contribution in [0.25, 0.3) is 27.7 Å². The highest BCUT2D eigenvalue weighted by molar-refractivity contribution is 5.99. The minimum atomic E-state index is -0.515. The molecule has 0 aliphatic carbocycles. The Kier molecular flexibility index (Phi) is 3.50. The predicted octanol–water partition coefficient (Wildman–Crippen LogP) is 3.92. The summed E-state index contributed by atoms with van der Waals surface area (Å²) in [5, 5.41) is 4.57. The van der Waals surface area contributed by atoms with E-state index in [0.29, 0.717) is 11.5 Å². The SMILES string of the molecule is COC(=O)Nc1ccc2ccn3c(N)c(-c4ccccc4)nc3c2c1. The van der Waals surface area contributed by atoms with E-state index in [0.717, 1.165) is 27.7 Å². The number of anilines is 2. The van der Waals surface area contributed by atoms with Gasteiger partial charge in [0.2, 0.25) is 0 Å². The van der Waals surface area contributed by atoms with E-state index in [1.807, 2.05) is 65.2 Å². The summed E-state index contributed by atoms with van der Waals surface area (Å²) in [5.74, 6) is 0.578. The molecule has 2 aromatic heterocycles. The third-order valence-electron chi connectivity index (χ3n) is 4.12. The third kappa shape index (κ3) is 2.53. The first-order chi connectivity index (χ1) is 12.2. The smallest absolute Gasteiger partial charge is 0.411 e. The third-order valence-corrected chi connectivity index (χ3v) is 4.12. The van der Waals surface area contributed by atoms with E-state index >= 15 is 0 Å². The number of nitrogens with zero attached hydrogens (tertiary/aromatic N) is 2. The van der Waals surface area contributed by atoms with Gasteiger partial charge in [0.15, 0.2) is 0 Å². The highest BCUT2D eigenvalue weighted by Crippen LogP contribution is 2.31. The van der Waals surface area contributed by atoms with Crippen molar-refractivity contribution in [2.24, 2.45) is 0 Å². The summed E-state index contributed by atoms with van der Waals surface area (Å²) in [5.41, 5.74) is 9.38. The Morgan fingerprint density at radius 1 is 1.16 bits per heavy atom. The van der Waals surface area contributed by atoms with Crippen molar-refractivity contribution < 1.29 is 9.53 Å². The molecule has 0 aliphatic heterocycles. The lowest BCUT2D eigenvalue weighted by atomic mass is 10.1. The molecule has 0 unspecified atom stereocenters. The number of nitrogens with two attached hydrogens (primary N) is 1. The fraction of sp³-hybridized carbons (Fsp3) is 0.0526. The zero-order valence-corrected chi connectivity index (χ0v) is 13.6. The summed E-state index contributed by atoms with van der Waals surface area (Å²) in [6.45, 7) is 0. The van der Waals surface area contributed by atoms with Gasteiger partial charge in [-0.05, 0) is 23.6 Å². The Morgan fingerprint density at radius 2 is 1.96 bits per heavy atom. The summed E-state index contributed by atoms with van der Waals surface area (Å²) >= 11 is 0. The number of fused-ring (bicyclic) bond motifs is 3. The second-order valence-corrected chi connectivity index (χ2v) is 5.64. The average Bonchev–Trinajstić information content (AvgIpc) is 2.99. The van der Waals surface area contributed by atoms with Gasteiger partial charge < -0.3 is 10.5 Å². The van der Waals surface area contributed by atoms with Crippen molar-refractivity contribution >= 4 is 34.0 Å². The van der Waals surface area contributed by atoms with Crippen LogP contribution < -0.4 is 11.1 Å². The van der Waals surface area contributed by atoms with E-state index in [1.165, 1.54) is 7.11 Å². The van der Waals surface area contributed by atoms with Gasteiger partial charge in [0, 0.05) is 22.8 Å². The summed E-state index contributed by atoms with van der Waals surface area (Å²) in [7, 11) is 1.33. The van der Waals surface area contributed by atoms with Crippen LogP contribution in [0.5, 0.6) is 0 Å². The van der Waals surface area contributed by atoms with E-state index in [4.69, 9.17) is 10.7 Å². The summed E-state index contributed by atoms with van der Waals surface area (Å²) in [4.78, 5) is 16.2. The van der Waals surface area contributed by atoms with Gasteiger partial charge in [-0.2, -0.15) is 0 Å². The first-order valence-electron chi connectivity index (χ1n) is 7.78. The van der Waals surface area contributed by atoms with Gasteiger partial charge >= 0.3 is 6.09 Å². The van der Waals surface area contributed by atoms with Crippen molar-refractivity contribution in [2.75, 3.05) is 18.2 Å². The van der Waals surface area contributed by atoms with Gasteiger partial charge in [0.1, 0.15) is 17.2 Å². The van der Waals surface area contributed by atoms with Crippen LogP contribution in [0.2, 0.25) is 0 Å². The van der Waals surface area contributed by atoms with Crippen molar-refractivity contribution in [3.63, 3.8) is 0 Å². The molecule has 6 heteroatoms. The van der Waals surface area contributed by atoms with E-state index in [-0.39, 0.29) is 0 Å². The number of nitrogen functional groups attached to an aromatic ring is 1. The lowest BCUT2D eigenvalue weighted by Gasteiger charge is -2.06. The molecule has 0 fully saturated rings. The molecule has 0 saturated carbocycles. The molecular formula is C19H16N4O2. The Balaban J connectivity index is 1.93. The number of methoxy groups -OCH3 is 1. The van der Waals surface area contributed by atoms with Crippen molar-refractivity contribution in [3.05, 3.63) is 60.8 Å². The van der Waals surface area contributed by atoms with Crippen LogP contribution in [0.15, 0.2) is 60.8 Å². The maximum Gasteiger partial charge on any atom is 0.411 e. The van der Waals surface area contributed by atoms with Crippen LogP contribution in [-0.2, 0) is 4.74 Å². The number of benzene rings is 2. The molecular weight excluding hydrogens is 316 g/mol. The van der Waals surface area contributed by atoms with Gasteiger partial charge in [0.25, 0.3) is 0 Å². The van der Waals surface area contributed by atoms with Crippen LogP contribution >= 0.6 is 0 Å². The topological polar surface area (TPSA) is 81.6 Å².